The number of nitrogens with one attached hydrogen (secondary N) is 2. The second-order valence-corrected chi connectivity index (χ2v) is 6.11. The topological polar surface area (TPSA) is 41.1 Å². The molecule has 0 atom stereocenters. The van der Waals surface area contributed by atoms with Crippen molar-refractivity contribution in [2.45, 2.75) is 26.7 Å². The number of para-hydroxylation sites is 1. The molecule has 0 radical (unpaired) electrons. The standard InChI is InChI=1S/C19H23ClN2O/c1-14-5-3-6-15(2)19(14)22-12-10-18(23)21-11-9-16-7-4-8-17(20)13-16/h3-8,13,22H,9-12H2,1-2H3,(H,21,23). The molecule has 1 amide bonds. The summed E-state index contributed by atoms with van der Waals surface area (Å²) in [6, 6.07) is 13.9. The molecule has 0 bridgehead atoms. The van der Waals surface area contributed by atoms with Crippen molar-refractivity contribution in [3.8, 4) is 0 Å². The van der Waals surface area contributed by atoms with Gasteiger partial charge >= 0.3 is 0 Å². The smallest absolute Gasteiger partial charge is 0.221 e. The normalized spacial score (nSPS) is 10.4. The summed E-state index contributed by atoms with van der Waals surface area (Å²) in [4.78, 5) is 11.9. The molecule has 0 saturated heterocycles. The van der Waals surface area contributed by atoms with Crippen molar-refractivity contribution in [1.29, 1.82) is 0 Å². The monoisotopic (exact) mass is 330 g/mol. The predicted octanol–water partition coefficient (Wildman–Crippen LogP) is 4.12. The Morgan fingerprint density at radius 1 is 1.04 bits per heavy atom. The maximum Gasteiger partial charge on any atom is 0.221 e. The largest absolute Gasteiger partial charge is 0.384 e. The Hall–Kier alpha value is -2.00. The van der Waals surface area contributed by atoms with Gasteiger partial charge in [0.1, 0.15) is 0 Å². The van der Waals surface area contributed by atoms with Crippen molar-refractivity contribution >= 4 is 23.2 Å². The van der Waals surface area contributed by atoms with E-state index in [9.17, 15) is 4.79 Å². The van der Waals surface area contributed by atoms with Crippen LogP contribution in [0.25, 0.3) is 0 Å². The van der Waals surface area contributed by atoms with Gasteiger partial charge in [0.05, 0.1) is 0 Å². The molecule has 4 heteroatoms. The zero-order valence-electron chi connectivity index (χ0n) is 13.7. The molecule has 2 aromatic rings. The van der Waals surface area contributed by atoms with Gasteiger partial charge in [-0.05, 0) is 49.1 Å². The van der Waals surface area contributed by atoms with Gasteiger partial charge in [-0.15, -0.1) is 0 Å². The van der Waals surface area contributed by atoms with Crippen molar-refractivity contribution in [2.24, 2.45) is 0 Å². The Balaban J connectivity index is 1.69. The summed E-state index contributed by atoms with van der Waals surface area (Å²) < 4.78 is 0. The predicted molar refractivity (Wildman–Crippen MR) is 97.2 cm³/mol. The maximum atomic E-state index is 11.9. The van der Waals surface area contributed by atoms with Gasteiger partial charge in [0.15, 0.2) is 0 Å². The van der Waals surface area contributed by atoms with Gasteiger partial charge in [-0.1, -0.05) is 41.9 Å². The fourth-order valence-corrected chi connectivity index (χ4v) is 2.73. The number of hydrogen-bond acceptors (Lipinski definition) is 2. The number of benzene rings is 2. The summed E-state index contributed by atoms with van der Waals surface area (Å²) in [6.07, 6.45) is 1.25. The minimum atomic E-state index is 0.0609. The number of carbonyl (C=O) groups is 1. The van der Waals surface area contributed by atoms with Crippen LogP contribution >= 0.6 is 11.6 Å². The molecule has 2 aromatic carbocycles. The molecule has 0 aliphatic rings. The van der Waals surface area contributed by atoms with Gasteiger partial charge in [-0.25, -0.2) is 0 Å². The highest BCUT2D eigenvalue weighted by Gasteiger charge is 2.04. The molecule has 0 heterocycles. The van der Waals surface area contributed by atoms with E-state index < -0.39 is 0 Å². The molecular formula is C19H23ClN2O. The quantitative estimate of drug-likeness (QED) is 0.802. The van der Waals surface area contributed by atoms with E-state index >= 15 is 0 Å². The lowest BCUT2D eigenvalue weighted by atomic mass is 10.1. The van der Waals surface area contributed by atoms with E-state index in [1.807, 2.05) is 30.3 Å². The van der Waals surface area contributed by atoms with Crippen LogP contribution < -0.4 is 10.6 Å². The van der Waals surface area contributed by atoms with Crippen LogP contribution in [0, 0.1) is 13.8 Å². The third-order valence-electron chi connectivity index (χ3n) is 3.76. The first-order chi connectivity index (χ1) is 11.1. The fraction of sp³-hybridized carbons (Fsp3) is 0.316. The van der Waals surface area contributed by atoms with E-state index in [1.165, 1.54) is 11.1 Å². The highest BCUT2D eigenvalue weighted by Crippen LogP contribution is 2.19. The Bertz CT molecular complexity index is 650. The summed E-state index contributed by atoms with van der Waals surface area (Å²) >= 11 is 5.94. The lowest BCUT2D eigenvalue weighted by Crippen LogP contribution is -2.27. The van der Waals surface area contributed by atoms with E-state index in [0.717, 1.165) is 22.7 Å². The Morgan fingerprint density at radius 3 is 2.43 bits per heavy atom. The molecule has 3 nitrogen and oxygen atoms in total. The highest BCUT2D eigenvalue weighted by molar-refractivity contribution is 6.30. The Kier molecular flexibility index (Phi) is 6.48. The van der Waals surface area contributed by atoms with Crippen LogP contribution in [0.3, 0.4) is 0 Å². The summed E-state index contributed by atoms with van der Waals surface area (Å²) in [5, 5.41) is 7.02. The summed E-state index contributed by atoms with van der Waals surface area (Å²) in [7, 11) is 0. The molecular weight excluding hydrogens is 308 g/mol. The van der Waals surface area contributed by atoms with Crippen molar-refractivity contribution in [1.82, 2.24) is 5.32 Å². The molecule has 23 heavy (non-hydrogen) atoms. The number of amides is 1. The minimum absolute atomic E-state index is 0.0609. The molecule has 0 spiro atoms. The molecule has 0 aliphatic heterocycles. The second-order valence-electron chi connectivity index (χ2n) is 5.67. The molecule has 0 saturated carbocycles. The molecule has 0 fully saturated rings. The molecule has 122 valence electrons. The molecule has 0 aliphatic carbocycles. The van der Waals surface area contributed by atoms with E-state index in [-0.39, 0.29) is 5.91 Å². The lowest BCUT2D eigenvalue weighted by Gasteiger charge is -2.12. The molecule has 2 rings (SSSR count). The summed E-state index contributed by atoms with van der Waals surface area (Å²) in [5.74, 6) is 0.0609. The average Bonchev–Trinajstić information content (AvgIpc) is 2.50. The van der Waals surface area contributed by atoms with E-state index in [1.54, 1.807) is 0 Å². The van der Waals surface area contributed by atoms with Crippen LogP contribution in [0.2, 0.25) is 5.02 Å². The van der Waals surface area contributed by atoms with Crippen molar-refractivity contribution in [3.63, 3.8) is 0 Å². The fourth-order valence-electron chi connectivity index (χ4n) is 2.52. The zero-order valence-corrected chi connectivity index (χ0v) is 14.4. The van der Waals surface area contributed by atoms with Crippen LogP contribution in [0.4, 0.5) is 5.69 Å². The molecule has 2 N–H and O–H groups in total. The highest BCUT2D eigenvalue weighted by atomic mass is 35.5. The van der Waals surface area contributed by atoms with Crippen molar-refractivity contribution < 1.29 is 4.79 Å². The van der Waals surface area contributed by atoms with Gasteiger partial charge < -0.3 is 10.6 Å². The number of rotatable bonds is 7. The summed E-state index contributed by atoms with van der Waals surface area (Å²) in [6.45, 7) is 5.40. The third-order valence-corrected chi connectivity index (χ3v) is 3.99. The van der Waals surface area contributed by atoms with Crippen LogP contribution in [0.1, 0.15) is 23.1 Å². The molecule has 0 unspecified atom stereocenters. The van der Waals surface area contributed by atoms with Crippen LogP contribution in [-0.2, 0) is 11.2 Å². The van der Waals surface area contributed by atoms with E-state index in [0.29, 0.717) is 19.5 Å². The number of halogens is 1. The van der Waals surface area contributed by atoms with Gasteiger partial charge in [0.25, 0.3) is 0 Å². The first kappa shape index (κ1) is 17.4. The lowest BCUT2D eigenvalue weighted by molar-refractivity contribution is -0.120. The molecule has 0 aromatic heterocycles. The number of anilines is 1. The van der Waals surface area contributed by atoms with E-state index in [2.05, 4.69) is 36.6 Å². The van der Waals surface area contributed by atoms with Gasteiger partial charge in [0.2, 0.25) is 5.91 Å². The Labute approximate surface area is 143 Å². The zero-order chi connectivity index (χ0) is 16.7. The van der Waals surface area contributed by atoms with Gasteiger partial charge in [0, 0.05) is 30.2 Å². The van der Waals surface area contributed by atoms with Crippen molar-refractivity contribution in [2.75, 3.05) is 18.4 Å². The van der Waals surface area contributed by atoms with Gasteiger partial charge in [-0.2, -0.15) is 0 Å². The summed E-state index contributed by atoms with van der Waals surface area (Å²) in [5.41, 5.74) is 4.66. The van der Waals surface area contributed by atoms with Crippen LogP contribution in [-0.4, -0.2) is 19.0 Å². The first-order valence-electron chi connectivity index (χ1n) is 7.87. The van der Waals surface area contributed by atoms with Gasteiger partial charge in [-0.3, -0.25) is 4.79 Å². The number of carbonyl (C=O) groups excluding carboxylic acids is 1. The van der Waals surface area contributed by atoms with E-state index in [4.69, 9.17) is 11.6 Å². The minimum Gasteiger partial charge on any atom is -0.384 e. The number of hydrogen-bond donors (Lipinski definition) is 2. The van der Waals surface area contributed by atoms with Crippen LogP contribution in [0.5, 0.6) is 0 Å². The maximum absolute atomic E-state index is 11.9. The van der Waals surface area contributed by atoms with Crippen molar-refractivity contribution in [3.05, 3.63) is 64.2 Å². The first-order valence-corrected chi connectivity index (χ1v) is 8.25. The second kappa shape index (κ2) is 8.59. The third kappa shape index (κ3) is 5.61. The number of aryl methyl sites for hydroxylation is 2. The van der Waals surface area contributed by atoms with Crippen LogP contribution in [0.15, 0.2) is 42.5 Å². The Morgan fingerprint density at radius 2 is 1.74 bits per heavy atom. The average molecular weight is 331 g/mol. The SMILES string of the molecule is Cc1cccc(C)c1NCCC(=O)NCCc1cccc(Cl)c1.